The number of amides is 1. The summed E-state index contributed by atoms with van der Waals surface area (Å²) in [6.45, 7) is 1.86. The first-order valence-corrected chi connectivity index (χ1v) is 12.9. The van der Waals surface area contributed by atoms with E-state index in [1.165, 1.54) is 10.5 Å². The predicted molar refractivity (Wildman–Crippen MR) is 139 cm³/mol. The fourth-order valence-electron chi connectivity index (χ4n) is 4.75. The third-order valence-corrected chi connectivity index (χ3v) is 7.00. The summed E-state index contributed by atoms with van der Waals surface area (Å²) >= 11 is 3.38. The Labute approximate surface area is 215 Å². The van der Waals surface area contributed by atoms with Crippen LogP contribution in [-0.4, -0.2) is 32.4 Å². The van der Waals surface area contributed by atoms with E-state index in [9.17, 15) is 14.4 Å². The van der Waals surface area contributed by atoms with Crippen molar-refractivity contribution in [1.29, 1.82) is 0 Å². The van der Waals surface area contributed by atoms with Crippen LogP contribution in [0.25, 0.3) is 16.7 Å². The van der Waals surface area contributed by atoms with E-state index in [0.29, 0.717) is 16.9 Å². The van der Waals surface area contributed by atoms with Crippen LogP contribution in [0.3, 0.4) is 0 Å². The lowest BCUT2D eigenvalue weighted by molar-refractivity contribution is 0.0523. The van der Waals surface area contributed by atoms with Crippen molar-refractivity contribution < 1.29 is 14.3 Å². The Hall–Kier alpha value is -3.59. The van der Waals surface area contributed by atoms with Gasteiger partial charge < -0.3 is 9.30 Å². The fraction of sp³-hybridized carbons (Fsp3) is 0.296. The molecule has 1 saturated carbocycles. The van der Waals surface area contributed by atoms with E-state index in [1.807, 2.05) is 10.6 Å². The first-order valence-electron chi connectivity index (χ1n) is 12.1. The highest BCUT2D eigenvalue weighted by Gasteiger charge is 2.25. The van der Waals surface area contributed by atoms with Crippen molar-refractivity contribution in [1.82, 2.24) is 14.0 Å². The Morgan fingerprint density at radius 2 is 1.86 bits per heavy atom. The maximum atomic E-state index is 13.5. The topological polar surface area (TPSA) is 95.0 Å². The van der Waals surface area contributed by atoms with Gasteiger partial charge in [-0.1, -0.05) is 41.3 Å². The molecule has 184 valence electrons. The van der Waals surface area contributed by atoms with Crippen LogP contribution in [-0.2, 0) is 4.74 Å². The van der Waals surface area contributed by atoms with E-state index >= 15 is 0 Å². The van der Waals surface area contributed by atoms with Crippen LogP contribution >= 0.6 is 15.9 Å². The number of rotatable bonds is 4. The smallest absolute Gasteiger partial charge is 0.341 e. The molecule has 0 radical (unpaired) electrons. The molecule has 5 rings (SSSR count). The normalized spacial score (nSPS) is 14.9. The number of carbonyl (C=O) groups is 2. The number of esters is 1. The monoisotopic (exact) mass is 548 g/mol. The van der Waals surface area contributed by atoms with Crippen molar-refractivity contribution in [2.24, 2.45) is 4.99 Å². The Bertz CT molecular complexity index is 1600. The van der Waals surface area contributed by atoms with Gasteiger partial charge in [0.15, 0.2) is 5.49 Å². The van der Waals surface area contributed by atoms with Crippen molar-refractivity contribution in [2.45, 2.75) is 45.1 Å². The zero-order valence-corrected chi connectivity index (χ0v) is 21.4. The van der Waals surface area contributed by atoms with Gasteiger partial charge in [-0.15, -0.1) is 0 Å². The number of hydrogen-bond acceptors (Lipinski definition) is 5. The number of halogens is 1. The highest BCUT2D eigenvalue weighted by atomic mass is 79.9. The number of fused-ring (bicyclic) bond motifs is 2. The van der Waals surface area contributed by atoms with E-state index in [2.05, 4.69) is 20.9 Å². The van der Waals surface area contributed by atoms with Crippen LogP contribution in [0.2, 0.25) is 0 Å². The summed E-state index contributed by atoms with van der Waals surface area (Å²) in [4.78, 5) is 49.2. The van der Waals surface area contributed by atoms with E-state index in [4.69, 9.17) is 9.72 Å². The third kappa shape index (κ3) is 4.51. The molecule has 1 aliphatic rings. The van der Waals surface area contributed by atoms with Crippen molar-refractivity contribution in [3.8, 4) is 0 Å². The zero-order chi connectivity index (χ0) is 25.2. The lowest BCUT2D eigenvalue weighted by Crippen LogP contribution is -2.35. The molecular formula is C27H25BrN4O4. The molecule has 1 amide bonds. The lowest BCUT2D eigenvalue weighted by Gasteiger charge is -2.27. The minimum absolute atomic E-state index is 0.0647. The highest BCUT2D eigenvalue weighted by Crippen LogP contribution is 2.29. The van der Waals surface area contributed by atoms with Gasteiger partial charge in [0.1, 0.15) is 16.9 Å². The number of ether oxygens (including phenoxy) is 1. The summed E-state index contributed by atoms with van der Waals surface area (Å²) in [5, 5.41) is 0.280. The van der Waals surface area contributed by atoms with Crippen molar-refractivity contribution in [3.05, 3.63) is 86.2 Å². The largest absolute Gasteiger partial charge is 0.462 e. The van der Waals surface area contributed by atoms with Crippen LogP contribution in [0.1, 0.15) is 65.8 Å². The summed E-state index contributed by atoms with van der Waals surface area (Å²) in [7, 11) is 0. The Morgan fingerprint density at radius 3 is 2.58 bits per heavy atom. The van der Waals surface area contributed by atoms with Crippen molar-refractivity contribution >= 4 is 44.5 Å². The SMILES string of the molecule is CCOC(=O)c1cc2c(=O)n3ccccc3nc2n(C2CCCCC2)c1=NC(=O)c1ccc(Br)cc1. The molecule has 3 heterocycles. The maximum absolute atomic E-state index is 13.5. The molecular weight excluding hydrogens is 524 g/mol. The molecule has 8 nitrogen and oxygen atoms in total. The van der Waals surface area contributed by atoms with E-state index in [1.54, 1.807) is 49.5 Å². The summed E-state index contributed by atoms with van der Waals surface area (Å²) in [5.41, 5.74) is 1.23. The molecule has 0 bridgehead atoms. The lowest BCUT2D eigenvalue weighted by atomic mass is 9.94. The second-order valence-electron chi connectivity index (χ2n) is 8.77. The quantitative estimate of drug-likeness (QED) is 0.268. The minimum Gasteiger partial charge on any atom is -0.462 e. The first-order chi connectivity index (χ1) is 17.5. The molecule has 0 atom stereocenters. The van der Waals surface area contributed by atoms with Crippen molar-refractivity contribution in [2.75, 3.05) is 6.61 Å². The summed E-state index contributed by atoms with van der Waals surface area (Å²) < 4.78 is 9.45. The first kappa shape index (κ1) is 24.1. The van der Waals surface area contributed by atoms with Gasteiger partial charge in [-0.05, 0) is 62.2 Å². The summed E-state index contributed by atoms with van der Waals surface area (Å²) in [6, 6.07) is 13.6. The molecule has 0 saturated heterocycles. The molecule has 0 unspecified atom stereocenters. The fourth-order valence-corrected chi connectivity index (χ4v) is 5.02. The average molecular weight is 549 g/mol. The predicted octanol–water partition coefficient (Wildman–Crippen LogP) is 4.83. The van der Waals surface area contributed by atoms with Gasteiger partial charge in [0.05, 0.1) is 12.0 Å². The molecule has 0 spiro atoms. The molecule has 3 aromatic heterocycles. The minimum atomic E-state index is -0.635. The number of hydrogen-bond donors (Lipinski definition) is 0. The van der Waals surface area contributed by atoms with E-state index in [0.717, 1.165) is 36.6 Å². The number of nitrogens with zero attached hydrogens (tertiary/aromatic N) is 4. The Morgan fingerprint density at radius 1 is 1.11 bits per heavy atom. The van der Waals surface area contributed by atoms with E-state index < -0.39 is 11.9 Å². The molecule has 36 heavy (non-hydrogen) atoms. The molecule has 1 fully saturated rings. The number of benzene rings is 1. The maximum Gasteiger partial charge on any atom is 0.341 e. The second kappa shape index (κ2) is 10.2. The zero-order valence-electron chi connectivity index (χ0n) is 19.8. The van der Waals surface area contributed by atoms with Gasteiger partial charge in [-0.2, -0.15) is 4.99 Å². The molecule has 1 aliphatic carbocycles. The van der Waals surface area contributed by atoms with Gasteiger partial charge in [-0.3, -0.25) is 14.0 Å². The number of carbonyl (C=O) groups excluding carboxylic acids is 2. The Balaban J connectivity index is 1.89. The van der Waals surface area contributed by atoms with Gasteiger partial charge >= 0.3 is 5.97 Å². The van der Waals surface area contributed by atoms with Crippen LogP contribution in [0.15, 0.2) is 69.0 Å². The summed E-state index contributed by atoms with van der Waals surface area (Å²) in [5.74, 6) is -1.13. The standard InChI is InChI=1S/C27H25BrN4O4/c1-2-36-27(35)21-16-20-23(29-22-10-6-7-15-31(22)26(20)34)32(19-8-4-3-5-9-19)24(21)30-25(33)17-11-13-18(28)14-12-17/h6-7,10-16,19H,2-5,8-9H2,1H3. The van der Waals surface area contributed by atoms with Crippen molar-refractivity contribution in [3.63, 3.8) is 0 Å². The molecule has 1 aromatic carbocycles. The molecule has 0 N–H and O–H groups in total. The second-order valence-corrected chi connectivity index (χ2v) is 9.69. The van der Waals surface area contributed by atoms with Crippen LogP contribution in [0.5, 0.6) is 0 Å². The summed E-state index contributed by atoms with van der Waals surface area (Å²) in [6.07, 6.45) is 6.41. The third-order valence-electron chi connectivity index (χ3n) is 6.47. The van der Waals surface area contributed by atoms with Gasteiger partial charge in [0.2, 0.25) is 0 Å². The van der Waals surface area contributed by atoms with Gasteiger partial charge in [-0.25, -0.2) is 9.78 Å². The Kier molecular flexibility index (Phi) is 6.82. The number of aromatic nitrogens is 3. The molecule has 9 heteroatoms. The average Bonchev–Trinajstić information content (AvgIpc) is 2.89. The highest BCUT2D eigenvalue weighted by molar-refractivity contribution is 9.10. The van der Waals surface area contributed by atoms with Crippen LogP contribution < -0.4 is 11.0 Å². The molecule has 4 aromatic rings. The van der Waals surface area contributed by atoms with Crippen LogP contribution in [0, 0.1) is 0 Å². The molecule has 0 aliphatic heterocycles. The van der Waals surface area contributed by atoms with Gasteiger partial charge in [0, 0.05) is 22.3 Å². The van der Waals surface area contributed by atoms with E-state index in [-0.39, 0.29) is 34.6 Å². The van der Waals surface area contributed by atoms with Crippen LogP contribution in [0.4, 0.5) is 0 Å². The van der Waals surface area contributed by atoms with Gasteiger partial charge in [0.25, 0.3) is 11.5 Å². The number of pyridine rings is 2.